The predicted octanol–water partition coefficient (Wildman–Crippen LogP) is 3.12. The lowest BCUT2D eigenvalue weighted by atomic mass is 10.2. The molecule has 0 aliphatic rings. The Bertz CT molecular complexity index is 748. The molecule has 0 saturated heterocycles. The van der Waals surface area contributed by atoms with E-state index in [9.17, 15) is 5.11 Å². The van der Waals surface area contributed by atoms with Crippen molar-refractivity contribution in [3.8, 4) is 28.6 Å². The van der Waals surface area contributed by atoms with E-state index in [-0.39, 0.29) is 5.75 Å². The van der Waals surface area contributed by atoms with Crippen molar-refractivity contribution in [2.75, 3.05) is 0 Å². The zero-order valence-corrected chi connectivity index (χ0v) is 11.2. The summed E-state index contributed by atoms with van der Waals surface area (Å²) in [5.74, 6) is 1.13. The van der Waals surface area contributed by atoms with E-state index in [0.29, 0.717) is 11.7 Å². The van der Waals surface area contributed by atoms with Crippen LogP contribution in [-0.4, -0.2) is 20.2 Å². The van der Waals surface area contributed by atoms with Crippen molar-refractivity contribution in [1.29, 1.82) is 0 Å². The van der Waals surface area contributed by atoms with Crippen molar-refractivity contribution < 1.29 is 9.63 Å². The van der Waals surface area contributed by atoms with Crippen LogP contribution in [0.15, 0.2) is 40.9 Å². The number of benzene rings is 1. The van der Waals surface area contributed by atoms with Gasteiger partial charge in [0, 0.05) is 11.3 Å². The molecule has 0 radical (unpaired) electrons. The summed E-state index contributed by atoms with van der Waals surface area (Å²) < 4.78 is 5.29. The summed E-state index contributed by atoms with van der Waals surface area (Å²) in [7, 11) is 0. The van der Waals surface area contributed by atoms with Gasteiger partial charge in [-0.15, -0.1) is 0 Å². The molecule has 5 heteroatoms. The number of aromatic hydroxyl groups is 1. The van der Waals surface area contributed by atoms with Crippen LogP contribution in [0.3, 0.4) is 0 Å². The first-order valence-electron chi connectivity index (χ1n) is 6.21. The van der Waals surface area contributed by atoms with E-state index in [1.54, 1.807) is 24.3 Å². The summed E-state index contributed by atoms with van der Waals surface area (Å²) in [4.78, 5) is 8.75. The lowest BCUT2D eigenvalue weighted by molar-refractivity contribution is 0.432. The van der Waals surface area contributed by atoms with Crippen LogP contribution < -0.4 is 0 Å². The first-order valence-corrected chi connectivity index (χ1v) is 6.21. The number of hydrogen-bond acceptors (Lipinski definition) is 5. The molecule has 3 aromatic rings. The molecule has 0 aliphatic heterocycles. The highest BCUT2D eigenvalue weighted by Crippen LogP contribution is 2.25. The van der Waals surface area contributed by atoms with E-state index in [1.165, 1.54) is 0 Å². The molecule has 0 unspecified atom stereocenters. The second kappa shape index (κ2) is 4.77. The summed E-state index contributed by atoms with van der Waals surface area (Å²) in [6.45, 7) is 3.85. The molecule has 5 nitrogen and oxygen atoms in total. The normalized spacial score (nSPS) is 10.7. The minimum absolute atomic E-state index is 0.205. The first-order chi connectivity index (χ1) is 9.63. The number of phenolic OH excluding ortho intramolecular Hbond substituents is 1. The molecule has 1 N–H and O–H groups in total. The highest BCUT2D eigenvalue weighted by molar-refractivity contribution is 5.61. The van der Waals surface area contributed by atoms with Gasteiger partial charge in [-0.2, -0.15) is 4.98 Å². The summed E-state index contributed by atoms with van der Waals surface area (Å²) in [5, 5.41) is 13.2. The Labute approximate surface area is 115 Å². The van der Waals surface area contributed by atoms with E-state index < -0.39 is 0 Å². The Morgan fingerprint density at radius 3 is 2.40 bits per heavy atom. The Hall–Kier alpha value is -2.69. The molecule has 0 atom stereocenters. The highest BCUT2D eigenvalue weighted by Gasteiger charge is 2.13. The monoisotopic (exact) mass is 267 g/mol. The number of phenols is 1. The standard InChI is InChI=1S/C15H13N3O2/c1-9-3-8-13(10(2)16-9)15-17-14(18-20-15)11-4-6-12(19)7-5-11/h3-8,19H,1-2H3. The van der Waals surface area contributed by atoms with Gasteiger partial charge in [-0.3, -0.25) is 4.98 Å². The Kier molecular flexibility index (Phi) is 2.95. The lowest BCUT2D eigenvalue weighted by Crippen LogP contribution is -1.90. The maximum Gasteiger partial charge on any atom is 0.260 e. The van der Waals surface area contributed by atoms with Gasteiger partial charge in [0.1, 0.15) is 5.75 Å². The van der Waals surface area contributed by atoms with Crippen molar-refractivity contribution in [2.45, 2.75) is 13.8 Å². The van der Waals surface area contributed by atoms with Crippen LogP contribution in [0.2, 0.25) is 0 Å². The predicted molar refractivity (Wildman–Crippen MR) is 74.1 cm³/mol. The highest BCUT2D eigenvalue weighted by atomic mass is 16.5. The SMILES string of the molecule is Cc1ccc(-c2nc(-c3ccc(O)cc3)no2)c(C)n1. The molecule has 2 heterocycles. The third-order valence-electron chi connectivity index (χ3n) is 3.01. The average Bonchev–Trinajstić information content (AvgIpc) is 2.89. The quantitative estimate of drug-likeness (QED) is 0.772. The number of rotatable bonds is 2. The van der Waals surface area contributed by atoms with Crippen LogP contribution in [0.4, 0.5) is 0 Å². The fraction of sp³-hybridized carbons (Fsp3) is 0.133. The molecule has 3 rings (SSSR count). The van der Waals surface area contributed by atoms with Gasteiger partial charge in [-0.25, -0.2) is 0 Å². The molecule has 2 aromatic heterocycles. The van der Waals surface area contributed by atoms with Crippen molar-refractivity contribution in [2.24, 2.45) is 0 Å². The Balaban J connectivity index is 1.99. The molecule has 100 valence electrons. The van der Waals surface area contributed by atoms with E-state index in [0.717, 1.165) is 22.5 Å². The van der Waals surface area contributed by atoms with Crippen LogP contribution in [-0.2, 0) is 0 Å². The fourth-order valence-electron chi connectivity index (χ4n) is 1.97. The number of nitrogens with zero attached hydrogens (tertiary/aromatic N) is 3. The molecule has 0 fully saturated rings. The smallest absolute Gasteiger partial charge is 0.260 e. The van der Waals surface area contributed by atoms with Gasteiger partial charge in [-0.1, -0.05) is 5.16 Å². The molecule has 0 aliphatic carbocycles. The minimum Gasteiger partial charge on any atom is -0.508 e. The van der Waals surface area contributed by atoms with Crippen LogP contribution in [0.5, 0.6) is 5.75 Å². The number of hydrogen-bond donors (Lipinski definition) is 1. The second-order valence-electron chi connectivity index (χ2n) is 4.56. The molecule has 20 heavy (non-hydrogen) atoms. The van der Waals surface area contributed by atoms with Gasteiger partial charge < -0.3 is 9.63 Å². The molecule has 0 spiro atoms. The first kappa shape index (κ1) is 12.3. The largest absolute Gasteiger partial charge is 0.508 e. The van der Waals surface area contributed by atoms with Crippen LogP contribution in [0.1, 0.15) is 11.4 Å². The van der Waals surface area contributed by atoms with Crippen molar-refractivity contribution >= 4 is 0 Å². The van der Waals surface area contributed by atoms with E-state index in [4.69, 9.17) is 4.52 Å². The van der Waals surface area contributed by atoms with Crippen molar-refractivity contribution in [3.05, 3.63) is 47.8 Å². The van der Waals surface area contributed by atoms with E-state index >= 15 is 0 Å². The second-order valence-corrected chi connectivity index (χ2v) is 4.56. The third-order valence-corrected chi connectivity index (χ3v) is 3.01. The zero-order valence-electron chi connectivity index (χ0n) is 11.2. The van der Waals surface area contributed by atoms with E-state index in [1.807, 2.05) is 26.0 Å². The maximum absolute atomic E-state index is 9.28. The summed E-state index contributed by atoms with van der Waals surface area (Å²) in [5.41, 5.74) is 3.42. The van der Waals surface area contributed by atoms with Crippen LogP contribution >= 0.6 is 0 Å². The molecular weight excluding hydrogens is 254 g/mol. The fourth-order valence-corrected chi connectivity index (χ4v) is 1.97. The zero-order chi connectivity index (χ0) is 14.1. The van der Waals surface area contributed by atoms with Gasteiger partial charge in [-0.05, 0) is 50.2 Å². The van der Waals surface area contributed by atoms with Gasteiger partial charge >= 0.3 is 0 Å². The van der Waals surface area contributed by atoms with Crippen LogP contribution in [0.25, 0.3) is 22.8 Å². The van der Waals surface area contributed by atoms with Gasteiger partial charge in [0.2, 0.25) is 5.82 Å². The van der Waals surface area contributed by atoms with Gasteiger partial charge in [0.25, 0.3) is 5.89 Å². The van der Waals surface area contributed by atoms with Gasteiger partial charge in [0.15, 0.2) is 0 Å². The summed E-state index contributed by atoms with van der Waals surface area (Å²) in [6, 6.07) is 10.5. The van der Waals surface area contributed by atoms with Crippen molar-refractivity contribution in [3.63, 3.8) is 0 Å². The van der Waals surface area contributed by atoms with E-state index in [2.05, 4.69) is 15.1 Å². The number of aryl methyl sites for hydroxylation is 2. The third kappa shape index (κ3) is 2.25. The molecule has 0 amide bonds. The van der Waals surface area contributed by atoms with Crippen LogP contribution in [0, 0.1) is 13.8 Å². The van der Waals surface area contributed by atoms with Gasteiger partial charge in [0.05, 0.1) is 11.3 Å². The molecule has 1 aromatic carbocycles. The summed E-state index contributed by atoms with van der Waals surface area (Å²) in [6.07, 6.45) is 0. The Morgan fingerprint density at radius 2 is 1.70 bits per heavy atom. The number of pyridine rings is 1. The molecule has 0 bridgehead atoms. The van der Waals surface area contributed by atoms with Crippen molar-refractivity contribution in [1.82, 2.24) is 15.1 Å². The number of aromatic nitrogens is 3. The topological polar surface area (TPSA) is 72.0 Å². The maximum atomic E-state index is 9.28. The average molecular weight is 267 g/mol. The molecule has 0 saturated carbocycles. The molecular formula is C15H13N3O2. The summed E-state index contributed by atoms with van der Waals surface area (Å²) >= 11 is 0. The lowest BCUT2D eigenvalue weighted by Gasteiger charge is -2.00. The Morgan fingerprint density at radius 1 is 0.950 bits per heavy atom. The minimum atomic E-state index is 0.205.